The van der Waals surface area contributed by atoms with Crippen LogP contribution in [0.25, 0.3) is 0 Å². The average Bonchev–Trinajstić information content (AvgIpc) is 3.21. The number of furan rings is 1. The minimum absolute atomic E-state index is 0.153. The molecule has 1 aromatic heterocycles. The van der Waals surface area contributed by atoms with Gasteiger partial charge in [-0.05, 0) is 62.2 Å². The lowest BCUT2D eigenvalue weighted by Crippen LogP contribution is -2.24. The number of carbonyl (C=O) groups excluding carboxylic acids is 2. The van der Waals surface area contributed by atoms with Gasteiger partial charge in [-0.3, -0.25) is 9.59 Å². The standard InChI is InChI=1S/C24H25ClN2O4/c1-4-11-26-23(28)19-8-6-17(13-20(19)25)27-24(29)22-10-7-18(31-22)14-30-21-9-5-15(2)12-16(21)3/h5-10,12-13H,4,11,14H2,1-3H3,(H,26,28)(H,27,29). The van der Waals surface area contributed by atoms with Crippen molar-refractivity contribution in [2.45, 2.75) is 33.8 Å². The molecule has 2 aromatic carbocycles. The molecule has 7 heteroatoms. The zero-order chi connectivity index (χ0) is 22.4. The number of hydrogen-bond acceptors (Lipinski definition) is 4. The van der Waals surface area contributed by atoms with E-state index in [1.54, 1.807) is 24.3 Å². The van der Waals surface area contributed by atoms with Crippen molar-refractivity contribution in [2.75, 3.05) is 11.9 Å². The van der Waals surface area contributed by atoms with Gasteiger partial charge >= 0.3 is 0 Å². The maximum atomic E-state index is 12.5. The van der Waals surface area contributed by atoms with Crippen molar-refractivity contribution in [1.82, 2.24) is 5.32 Å². The number of carbonyl (C=O) groups is 2. The second-order valence-corrected chi connectivity index (χ2v) is 7.64. The van der Waals surface area contributed by atoms with Gasteiger partial charge in [0.2, 0.25) is 0 Å². The first-order valence-electron chi connectivity index (χ1n) is 10.0. The molecule has 162 valence electrons. The molecule has 3 aromatic rings. The Hall–Kier alpha value is -3.25. The van der Waals surface area contributed by atoms with Gasteiger partial charge in [0.05, 0.1) is 10.6 Å². The van der Waals surface area contributed by atoms with Gasteiger partial charge < -0.3 is 19.8 Å². The molecule has 0 saturated carbocycles. The molecule has 0 bridgehead atoms. The van der Waals surface area contributed by atoms with E-state index in [9.17, 15) is 9.59 Å². The van der Waals surface area contributed by atoms with Crippen LogP contribution in [-0.2, 0) is 6.61 Å². The monoisotopic (exact) mass is 440 g/mol. The summed E-state index contributed by atoms with van der Waals surface area (Å²) in [7, 11) is 0. The Labute approximate surface area is 186 Å². The summed E-state index contributed by atoms with van der Waals surface area (Å²) in [4.78, 5) is 24.6. The first-order valence-corrected chi connectivity index (χ1v) is 10.4. The third-order valence-electron chi connectivity index (χ3n) is 4.59. The van der Waals surface area contributed by atoms with Crippen LogP contribution in [-0.4, -0.2) is 18.4 Å². The van der Waals surface area contributed by atoms with Crippen LogP contribution >= 0.6 is 11.6 Å². The minimum Gasteiger partial charge on any atom is -0.485 e. The van der Waals surface area contributed by atoms with E-state index in [0.717, 1.165) is 23.3 Å². The summed E-state index contributed by atoms with van der Waals surface area (Å²) in [5, 5.41) is 5.75. The Bertz CT molecular complexity index is 1090. The minimum atomic E-state index is -0.419. The summed E-state index contributed by atoms with van der Waals surface area (Å²) in [5.41, 5.74) is 3.02. The molecule has 31 heavy (non-hydrogen) atoms. The lowest BCUT2D eigenvalue weighted by atomic mass is 10.1. The number of benzene rings is 2. The van der Waals surface area contributed by atoms with E-state index >= 15 is 0 Å². The molecular weight excluding hydrogens is 416 g/mol. The second kappa shape index (κ2) is 10.2. The van der Waals surface area contributed by atoms with Crippen molar-refractivity contribution in [2.24, 2.45) is 0 Å². The van der Waals surface area contributed by atoms with E-state index < -0.39 is 5.91 Å². The van der Waals surface area contributed by atoms with Crippen molar-refractivity contribution in [3.63, 3.8) is 0 Å². The molecule has 0 fully saturated rings. The SMILES string of the molecule is CCCNC(=O)c1ccc(NC(=O)c2ccc(COc3ccc(C)cc3C)o2)cc1Cl. The highest BCUT2D eigenvalue weighted by Crippen LogP contribution is 2.23. The Morgan fingerprint density at radius 2 is 1.84 bits per heavy atom. The summed E-state index contributed by atoms with van der Waals surface area (Å²) in [6.07, 6.45) is 0.832. The van der Waals surface area contributed by atoms with Gasteiger partial charge in [0.25, 0.3) is 11.8 Å². The topological polar surface area (TPSA) is 80.6 Å². The Kier molecular flexibility index (Phi) is 7.36. The molecule has 0 radical (unpaired) electrons. The van der Waals surface area contributed by atoms with Crippen LogP contribution in [0.15, 0.2) is 52.9 Å². The predicted molar refractivity (Wildman–Crippen MR) is 121 cm³/mol. The number of halogens is 1. The average molecular weight is 441 g/mol. The molecular formula is C24H25ClN2O4. The van der Waals surface area contributed by atoms with Gasteiger partial charge in [0.15, 0.2) is 5.76 Å². The van der Waals surface area contributed by atoms with Crippen molar-refractivity contribution in [3.05, 3.63) is 81.8 Å². The van der Waals surface area contributed by atoms with E-state index in [1.165, 1.54) is 6.07 Å². The second-order valence-electron chi connectivity index (χ2n) is 7.23. The number of ether oxygens (including phenoxy) is 1. The van der Waals surface area contributed by atoms with E-state index in [4.69, 9.17) is 20.8 Å². The van der Waals surface area contributed by atoms with Gasteiger partial charge in [-0.25, -0.2) is 0 Å². The molecule has 0 aliphatic heterocycles. The number of rotatable bonds is 8. The molecule has 6 nitrogen and oxygen atoms in total. The van der Waals surface area contributed by atoms with Crippen LogP contribution in [0.2, 0.25) is 5.02 Å². The zero-order valence-corrected chi connectivity index (χ0v) is 18.5. The summed E-state index contributed by atoms with van der Waals surface area (Å²) in [5.74, 6) is 0.790. The molecule has 0 atom stereocenters. The van der Waals surface area contributed by atoms with Crippen molar-refractivity contribution in [1.29, 1.82) is 0 Å². The van der Waals surface area contributed by atoms with Crippen LogP contribution in [0.3, 0.4) is 0 Å². The van der Waals surface area contributed by atoms with Crippen LogP contribution in [0.4, 0.5) is 5.69 Å². The van der Waals surface area contributed by atoms with Gasteiger partial charge in [0.1, 0.15) is 18.1 Å². The molecule has 0 spiro atoms. The molecule has 0 saturated heterocycles. The highest BCUT2D eigenvalue weighted by molar-refractivity contribution is 6.34. The fourth-order valence-corrected chi connectivity index (χ4v) is 3.26. The van der Waals surface area contributed by atoms with Crippen LogP contribution in [0.1, 0.15) is 51.1 Å². The van der Waals surface area contributed by atoms with Gasteiger partial charge in [-0.2, -0.15) is 0 Å². The molecule has 2 amide bonds. The van der Waals surface area contributed by atoms with Gasteiger partial charge in [-0.15, -0.1) is 0 Å². The lowest BCUT2D eigenvalue weighted by molar-refractivity contribution is 0.0952. The third kappa shape index (κ3) is 5.89. The number of nitrogens with one attached hydrogen (secondary N) is 2. The maximum absolute atomic E-state index is 12.5. The van der Waals surface area contributed by atoms with Crippen molar-refractivity contribution >= 4 is 29.1 Å². The zero-order valence-electron chi connectivity index (χ0n) is 17.8. The smallest absolute Gasteiger partial charge is 0.291 e. The van der Waals surface area contributed by atoms with Crippen LogP contribution in [0, 0.1) is 13.8 Å². The summed E-state index contributed by atoms with van der Waals surface area (Å²) in [6, 6.07) is 14.0. The maximum Gasteiger partial charge on any atom is 0.291 e. The molecule has 3 rings (SSSR count). The fraction of sp³-hybridized carbons (Fsp3) is 0.250. The van der Waals surface area contributed by atoms with Crippen LogP contribution in [0.5, 0.6) is 5.75 Å². The molecule has 0 aliphatic rings. The number of amides is 2. The normalized spacial score (nSPS) is 10.6. The van der Waals surface area contributed by atoms with Crippen molar-refractivity contribution in [3.8, 4) is 5.75 Å². The number of anilines is 1. The molecule has 0 unspecified atom stereocenters. The Balaban J connectivity index is 1.60. The number of hydrogen-bond donors (Lipinski definition) is 2. The highest BCUT2D eigenvalue weighted by atomic mass is 35.5. The summed E-state index contributed by atoms with van der Waals surface area (Å²) >= 11 is 6.21. The van der Waals surface area contributed by atoms with E-state index in [2.05, 4.69) is 10.6 Å². The third-order valence-corrected chi connectivity index (χ3v) is 4.91. The first-order chi connectivity index (χ1) is 14.9. The summed E-state index contributed by atoms with van der Waals surface area (Å²) < 4.78 is 11.4. The molecule has 1 heterocycles. The summed E-state index contributed by atoms with van der Waals surface area (Å²) in [6.45, 7) is 6.76. The molecule has 2 N–H and O–H groups in total. The van der Waals surface area contributed by atoms with E-state index in [0.29, 0.717) is 23.6 Å². The lowest BCUT2D eigenvalue weighted by Gasteiger charge is -2.09. The van der Waals surface area contributed by atoms with E-state index in [-0.39, 0.29) is 23.3 Å². The largest absolute Gasteiger partial charge is 0.485 e. The fourth-order valence-electron chi connectivity index (χ4n) is 2.99. The Morgan fingerprint density at radius 3 is 2.55 bits per heavy atom. The first kappa shape index (κ1) is 22.4. The van der Waals surface area contributed by atoms with Crippen molar-refractivity contribution < 1.29 is 18.7 Å². The molecule has 0 aliphatic carbocycles. The quantitative estimate of drug-likeness (QED) is 0.483. The number of aryl methyl sites for hydroxylation is 2. The Morgan fingerprint density at radius 1 is 1.03 bits per heavy atom. The van der Waals surface area contributed by atoms with Crippen LogP contribution < -0.4 is 15.4 Å². The van der Waals surface area contributed by atoms with E-state index in [1.807, 2.05) is 39.0 Å². The van der Waals surface area contributed by atoms with Gasteiger partial charge in [-0.1, -0.05) is 36.2 Å². The van der Waals surface area contributed by atoms with Gasteiger partial charge in [0, 0.05) is 12.2 Å². The predicted octanol–water partition coefficient (Wildman–Crippen LogP) is 5.52. The highest BCUT2D eigenvalue weighted by Gasteiger charge is 2.15.